The van der Waals surface area contributed by atoms with Gasteiger partial charge in [0, 0.05) is 51.2 Å². The third-order valence-corrected chi connectivity index (χ3v) is 6.60. The number of aromatic amines is 1. The number of aryl methyl sites for hydroxylation is 3. The molecule has 1 saturated heterocycles. The Labute approximate surface area is 200 Å². The molecular formula is C24H29F3N6O2. The minimum Gasteiger partial charge on any atom is -0.326 e. The number of hydrogen-bond acceptors (Lipinski definition) is 5. The summed E-state index contributed by atoms with van der Waals surface area (Å²) in [7, 11) is 3.67. The normalized spacial score (nSPS) is 15.6. The highest BCUT2D eigenvalue weighted by atomic mass is 19.4. The summed E-state index contributed by atoms with van der Waals surface area (Å²) >= 11 is 0. The molecule has 3 heterocycles. The molecule has 0 unspecified atom stereocenters. The highest BCUT2D eigenvalue weighted by Crippen LogP contribution is 2.34. The average molecular weight is 491 g/mol. The SMILES string of the molecule is Cc1nc2c(c(C)c1CC(=O)Nc1ccc(CN3CCN(C)CC3)c(C(F)(F)F)c1)c(=O)[nH]n2C. The van der Waals surface area contributed by atoms with E-state index >= 15 is 0 Å². The number of carbonyl (C=O) groups excluding carboxylic acids is 1. The number of benzene rings is 1. The quantitative estimate of drug-likeness (QED) is 0.575. The van der Waals surface area contributed by atoms with E-state index in [1.165, 1.54) is 16.8 Å². The van der Waals surface area contributed by atoms with Gasteiger partial charge < -0.3 is 10.2 Å². The van der Waals surface area contributed by atoms with E-state index in [1.807, 2.05) is 11.9 Å². The number of H-pyrrole nitrogens is 1. The average Bonchev–Trinajstić information content (AvgIpc) is 3.06. The molecule has 0 atom stereocenters. The fraction of sp³-hybridized carbons (Fsp3) is 0.458. The molecule has 1 aliphatic rings. The molecule has 0 spiro atoms. The summed E-state index contributed by atoms with van der Waals surface area (Å²) in [4.78, 5) is 33.6. The number of amides is 1. The summed E-state index contributed by atoms with van der Waals surface area (Å²) in [6.07, 6.45) is -4.65. The fourth-order valence-electron chi connectivity index (χ4n) is 4.58. The molecule has 0 bridgehead atoms. The summed E-state index contributed by atoms with van der Waals surface area (Å²) in [5.41, 5.74) is 1.48. The number of fused-ring (bicyclic) bond motifs is 1. The highest BCUT2D eigenvalue weighted by Gasteiger charge is 2.34. The van der Waals surface area contributed by atoms with Crippen LogP contribution in [-0.4, -0.2) is 63.7 Å². The second-order valence-corrected chi connectivity index (χ2v) is 9.17. The lowest BCUT2D eigenvalue weighted by molar-refractivity contribution is -0.138. The first-order chi connectivity index (χ1) is 16.4. The van der Waals surface area contributed by atoms with Crippen LogP contribution in [0.4, 0.5) is 18.9 Å². The molecule has 2 aromatic heterocycles. The number of nitrogens with one attached hydrogen (secondary N) is 2. The summed E-state index contributed by atoms with van der Waals surface area (Å²) in [5.74, 6) is -0.482. The van der Waals surface area contributed by atoms with E-state index in [1.54, 1.807) is 20.9 Å². The lowest BCUT2D eigenvalue weighted by atomic mass is 10.0. The van der Waals surface area contributed by atoms with Gasteiger partial charge in [-0.1, -0.05) is 6.07 Å². The Morgan fingerprint density at radius 3 is 2.49 bits per heavy atom. The summed E-state index contributed by atoms with van der Waals surface area (Å²) in [6, 6.07) is 3.93. The highest BCUT2D eigenvalue weighted by molar-refractivity contribution is 5.93. The summed E-state index contributed by atoms with van der Waals surface area (Å²) < 4.78 is 43.0. The maximum Gasteiger partial charge on any atom is 0.416 e. The number of pyridine rings is 1. The van der Waals surface area contributed by atoms with Crippen molar-refractivity contribution >= 4 is 22.6 Å². The Morgan fingerprint density at radius 1 is 1.14 bits per heavy atom. The van der Waals surface area contributed by atoms with E-state index in [0.29, 0.717) is 40.9 Å². The van der Waals surface area contributed by atoms with Gasteiger partial charge in [0.1, 0.15) is 0 Å². The lowest BCUT2D eigenvalue weighted by Gasteiger charge is -2.33. The molecule has 1 fully saturated rings. The number of likely N-dealkylation sites (N-methyl/N-ethyl adjacent to an activating group) is 1. The predicted octanol–water partition coefficient (Wildman–Crippen LogP) is 2.83. The lowest BCUT2D eigenvalue weighted by Crippen LogP contribution is -2.44. The van der Waals surface area contributed by atoms with Crippen molar-refractivity contribution in [2.24, 2.45) is 7.05 Å². The molecule has 0 radical (unpaired) electrons. The third-order valence-electron chi connectivity index (χ3n) is 6.60. The predicted molar refractivity (Wildman–Crippen MR) is 127 cm³/mol. The van der Waals surface area contributed by atoms with Crippen LogP contribution in [0.1, 0.15) is 27.9 Å². The van der Waals surface area contributed by atoms with E-state index in [4.69, 9.17) is 0 Å². The molecule has 0 saturated carbocycles. The Bertz CT molecular complexity index is 1320. The first kappa shape index (κ1) is 24.9. The molecule has 0 aliphatic carbocycles. The maximum absolute atomic E-state index is 13.8. The second-order valence-electron chi connectivity index (χ2n) is 9.17. The number of nitrogens with zero attached hydrogens (tertiary/aromatic N) is 4. The van der Waals surface area contributed by atoms with Crippen molar-refractivity contribution < 1.29 is 18.0 Å². The zero-order valence-electron chi connectivity index (χ0n) is 20.2. The van der Waals surface area contributed by atoms with Gasteiger partial charge in [-0.05, 0) is 49.7 Å². The molecule has 8 nitrogen and oxygen atoms in total. The van der Waals surface area contributed by atoms with Crippen molar-refractivity contribution in [3.8, 4) is 0 Å². The molecule has 1 aliphatic heterocycles. The molecule has 188 valence electrons. The Hall–Kier alpha value is -3.18. The van der Waals surface area contributed by atoms with Crippen molar-refractivity contribution in [3.05, 3.63) is 56.5 Å². The van der Waals surface area contributed by atoms with Gasteiger partial charge in [0.15, 0.2) is 5.65 Å². The number of halogens is 3. The molecule has 4 rings (SSSR count). The first-order valence-corrected chi connectivity index (χ1v) is 11.4. The zero-order valence-corrected chi connectivity index (χ0v) is 20.2. The van der Waals surface area contributed by atoms with Crippen molar-refractivity contribution in [3.63, 3.8) is 0 Å². The van der Waals surface area contributed by atoms with E-state index in [2.05, 4.69) is 20.3 Å². The van der Waals surface area contributed by atoms with Gasteiger partial charge in [-0.15, -0.1) is 0 Å². The molecule has 1 amide bonds. The van der Waals surface area contributed by atoms with Crippen molar-refractivity contribution in [1.29, 1.82) is 0 Å². The third kappa shape index (κ3) is 5.25. The van der Waals surface area contributed by atoms with Gasteiger partial charge in [-0.25, -0.2) is 4.98 Å². The topological polar surface area (TPSA) is 86.3 Å². The van der Waals surface area contributed by atoms with Crippen LogP contribution >= 0.6 is 0 Å². The molecule has 3 aromatic rings. The molecular weight excluding hydrogens is 461 g/mol. The van der Waals surface area contributed by atoms with Crippen molar-refractivity contribution in [2.75, 3.05) is 38.5 Å². The maximum atomic E-state index is 13.8. The van der Waals surface area contributed by atoms with Crippen LogP contribution in [0.2, 0.25) is 0 Å². The van der Waals surface area contributed by atoms with Crippen LogP contribution in [-0.2, 0) is 31.0 Å². The monoisotopic (exact) mass is 490 g/mol. The van der Waals surface area contributed by atoms with Crippen molar-refractivity contribution in [2.45, 2.75) is 33.0 Å². The van der Waals surface area contributed by atoms with E-state index < -0.39 is 17.6 Å². The van der Waals surface area contributed by atoms with E-state index in [9.17, 15) is 22.8 Å². The fourth-order valence-corrected chi connectivity index (χ4v) is 4.58. The molecule has 1 aromatic carbocycles. The standard InChI is InChI=1S/C24H29F3N6O2/c1-14-18(15(2)28-22-21(14)23(35)30-32(22)4)12-20(34)29-17-6-5-16(19(11-17)24(25,26)27)13-33-9-7-31(3)8-10-33/h5-6,11H,7-10,12-13H2,1-4H3,(H,29,34)(H,30,35). The van der Waals surface area contributed by atoms with Crippen LogP contribution in [0.5, 0.6) is 0 Å². The van der Waals surface area contributed by atoms with Gasteiger partial charge in [-0.2, -0.15) is 13.2 Å². The number of rotatable bonds is 5. The number of aromatic nitrogens is 3. The summed E-state index contributed by atoms with van der Waals surface area (Å²) in [6.45, 7) is 6.70. The van der Waals surface area contributed by atoms with Gasteiger partial charge >= 0.3 is 6.18 Å². The van der Waals surface area contributed by atoms with Gasteiger partial charge in [0.25, 0.3) is 5.56 Å². The Balaban J connectivity index is 1.55. The number of anilines is 1. The van der Waals surface area contributed by atoms with E-state index in [0.717, 1.165) is 19.2 Å². The molecule has 11 heteroatoms. The Morgan fingerprint density at radius 2 is 1.83 bits per heavy atom. The van der Waals surface area contributed by atoms with Crippen molar-refractivity contribution in [1.82, 2.24) is 24.6 Å². The first-order valence-electron chi connectivity index (χ1n) is 11.4. The van der Waals surface area contributed by atoms with Crippen LogP contribution in [0, 0.1) is 13.8 Å². The van der Waals surface area contributed by atoms with Crippen LogP contribution < -0.4 is 10.9 Å². The number of carbonyl (C=O) groups is 1. The van der Waals surface area contributed by atoms with E-state index in [-0.39, 0.29) is 29.8 Å². The largest absolute Gasteiger partial charge is 0.416 e. The molecule has 35 heavy (non-hydrogen) atoms. The second kappa shape index (κ2) is 9.46. The zero-order chi connectivity index (χ0) is 25.5. The van der Waals surface area contributed by atoms with Gasteiger partial charge in [0.2, 0.25) is 5.91 Å². The Kier molecular flexibility index (Phi) is 6.74. The summed E-state index contributed by atoms with van der Waals surface area (Å²) in [5, 5.41) is 5.63. The minimum atomic E-state index is -4.54. The van der Waals surface area contributed by atoms with Crippen LogP contribution in [0.3, 0.4) is 0 Å². The van der Waals surface area contributed by atoms with Crippen LogP contribution in [0.25, 0.3) is 11.0 Å². The van der Waals surface area contributed by atoms with Gasteiger partial charge in [-0.3, -0.25) is 24.3 Å². The number of piperazine rings is 1. The van der Waals surface area contributed by atoms with Crippen LogP contribution in [0.15, 0.2) is 23.0 Å². The molecule has 2 N–H and O–H groups in total. The number of alkyl halides is 3. The van der Waals surface area contributed by atoms with Gasteiger partial charge in [0.05, 0.1) is 17.4 Å². The number of hydrogen-bond donors (Lipinski definition) is 2. The minimum absolute atomic E-state index is 0.0753. The smallest absolute Gasteiger partial charge is 0.326 e.